The molecule has 1 aliphatic heterocycles. The molecule has 156 valence electrons. The third-order valence-corrected chi connectivity index (χ3v) is 5.91. The summed E-state index contributed by atoms with van der Waals surface area (Å²) in [6.45, 7) is 7.67. The number of carbonyl (C=O) groups excluding carboxylic acids is 1. The minimum Gasteiger partial charge on any atom is -0.481 e. The van der Waals surface area contributed by atoms with Gasteiger partial charge in [-0.3, -0.25) is 9.69 Å². The number of benzene rings is 2. The molecule has 2 aromatic carbocycles. The molecule has 3 rings (SSSR count). The van der Waals surface area contributed by atoms with Gasteiger partial charge in [0.1, 0.15) is 5.75 Å². The van der Waals surface area contributed by atoms with Gasteiger partial charge >= 0.3 is 0 Å². The highest BCUT2D eigenvalue weighted by atomic mass is 35.5. The first-order valence-corrected chi connectivity index (χ1v) is 10.9. The molecule has 5 heteroatoms. The molecule has 29 heavy (non-hydrogen) atoms. The van der Waals surface area contributed by atoms with Crippen molar-refractivity contribution < 1.29 is 9.53 Å². The van der Waals surface area contributed by atoms with Crippen LogP contribution in [0.5, 0.6) is 5.75 Å². The molecular weight excluding hydrogens is 384 g/mol. The van der Waals surface area contributed by atoms with Crippen LogP contribution in [0.2, 0.25) is 5.02 Å². The van der Waals surface area contributed by atoms with Gasteiger partial charge in [0.15, 0.2) is 6.10 Å². The van der Waals surface area contributed by atoms with Crippen LogP contribution < -0.4 is 10.1 Å². The third-order valence-electron chi connectivity index (χ3n) is 5.49. The Balaban J connectivity index is 1.59. The first-order valence-electron chi connectivity index (χ1n) is 10.6. The summed E-state index contributed by atoms with van der Waals surface area (Å²) in [5, 5.41) is 3.76. The maximum Gasteiger partial charge on any atom is 0.261 e. The van der Waals surface area contributed by atoms with E-state index in [0.717, 1.165) is 25.2 Å². The molecule has 0 aromatic heterocycles. The number of rotatable bonds is 8. The topological polar surface area (TPSA) is 41.6 Å². The Morgan fingerprint density at radius 2 is 1.86 bits per heavy atom. The van der Waals surface area contributed by atoms with Gasteiger partial charge in [-0.05, 0) is 74.2 Å². The van der Waals surface area contributed by atoms with Crippen molar-refractivity contribution in [3.8, 4) is 5.75 Å². The Morgan fingerprint density at radius 1 is 1.14 bits per heavy atom. The van der Waals surface area contributed by atoms with E-state index >= 15 is 0 Å². The number of nitrogens with one attached hydrogen (secondary N) is 1. The predicted molar refractivity (Wildman–Crippen MR) is 118 cm³/mol. The van der Waals surface area contributed by atoms with Crippen molar-refractivity contribution in [2.24, 2.45) is 0 Å². The number of likely N-dealkylation sites (tertiary alicyclic amines) is 1. The normalized spacial score (nSPS) is 15.7. The van der Waals surface area contributed by atoms with E-state index in [0.29, 0.717) is 23.7 Å². The summed E-state index contributed by atoms with van der Waals surface area (Å²) in [5.74, 6) is 0.576. The van der Waals surface area contributed by atoms with E-state index in [1.165, 1.54) is 30.4 Å². The summed E-state index contributed by atoms with van der Waals surface area (Å²) in [4.78, 5) is 15.2. The fraction of sp³-hybridized carbons (Fsp3) is 0.458. The lowest BCUT2D eigenvalue weighted by Crippen LogP contribution is -2.38. The Kier molecular flexibility index (Phi) is 7.96. The standard InChI is InChI=1S/C24H31ClN2O2/c1-3-23(29-21-11-12-22(25)18(2)15-21)24(28)26-16-19-9-5-6-10-20(19)17-27-13-7-4-8-14-27/h5-6,9-12,15,23H,3-4,7-8,13-14,16-17H2,1-2H3,(H,26,28). The number of amides is 1. The Morgan fingerprint density at radius 3 is 2.55 bits per heavy atom. The van der Waals surface area contributed by atoms with Crippen molar-refractivity contribution in [2.75, 3.05) is 13.1 Å². The molecule has 4 nitrogen and oxygen atoms in total. The summed E-state index contributed by atoms with van der Waals surface area (Å²) in [6, 6.07) is 13.8. The van der Waals surface area contributed by atoms with Gasteiger partial charge in [-0.15, -0.1) is 0 Å². The van der Waals surface area contributed by atoms with Gasteiger partial charge in [0.05, 0.1) is 0 Å². The molecule has 0 aliphatic carbocycles. The van der Waals surface area contributed by atoms with Crippen LogP contribution in [0.15, 0.2) is 42.5 Å². The maximum atomic E-state index is 12.7. The SMILES string of the molecule is CCC(Oc1ccc(Cl)c(C)c1)C(=O)NCc1ccccc1CN1CCCCC1. The predicted octanol–water partition coefficient (Wildman–Crippen LogP) is 5.11. The highest BCUT2D eigenvalue weighted by Gasteiger charge is 2.19. The van der Waals surface area contributed by atoms with Crippen LogP contribution in [0.25, 0.3) is 0 Å². The monoisotopic (exact) mass is 414 g/mol. The van der Waals surface area contributed by atoms with E-state index in [9.17, 15) is 4.79 Å². The molecule has 0 bridgehead atoms. The second-order valence-electron chi connectivity index (χ2n) is 7.75. The average molecular weight is 415 g/mol. The van der Waals surface area contributed by atoms with Gasteiger partial charge in [-0.2, -0.15) is 0 Å². The van der Waals surface area contributed by atoms with Crippen molar-refractivity contribution in [1.29, 1.82) is 0 Å². The minimum atomic E-state index is -0.523. The van der Waals surface area contributed by atoms with Crippen LogP contribution in [0.4, 0.5) is 0 Å². The van der Waals surface area contributed by atoms with E-state index in [1.807, 2.05) is 26.0 Å². The molecule has 2 aromatic rings. The molecule has 0 radical (unpaired) electrons. The van der Waals surface area contributed by atoms with Crippen LogP contribution in [-0.2, 0) is 17.9 Å². The van der Waals surface area contributed by atoms with Crippen LogP contribution in [0, 0.1) is 6.92 Å². The Hall–Kier alpha value is -2.04. The van der Waals surface area contributed by atoms with Gasteiger partial charge in [0.2, 0.25) is 0 Å². The van der Waals surface area contributed by atoms with Crippen molar-refractivity contribution in [3.63, 3.8) is 0 Å². The highest BCUT2D eigenvalue weighted by Crippen LogP contribution is 2.22. The van der Waals surface area contributed by atoms with Crippen LogP contribution in [0.1, 0.15) is 49.3 Å². The van der Waals surface area contributed by atoms with E-state index in [4.69, 9.17) is 16.3 Å². The number of carbonyl (C=O) groups is 1. The molecule has 1 heterocycles. The van der Waals surface area contributed by atoms with Gasteiger partial charge in [0, 0.05) is 18.1 Å². The zero-order valence-corrected chi connectivity index (χ0v) is 18.2. The van der Waals surface area contributed by atoms with E-state index in [1.54, 1.807) is 12.1 Å². The quantitative estimate of drug-likeness (QED) is 0.652. The molecule has 0 saturated carbocycles. The number of hydrogen-bond acceptors (Lipinski definition) is 3. The zero-order valence-electron chi connectivity index (χ0n) is 17.4. The second kappa shape index (κ2) is 10.7. The van der Waals surface area contributed by atoms with Gasteiger partial charge in [-0.25, -0.2) is 0 Å². The first kappa shape index (κ1) is 21.7. The lowest BCUT2D eigenvalue weighted by atomic mass is 10.0. The van der Waals surface area contributed by atoms with Gasteiger partial charge in [0.25, 0.3) is 5.91 Å². The Bertz CT molecular complexity index is 818. The van der Waals surface area contributed by atoms with Crippen molar-refractivity contribution in [1.82, 2.24) is 10.2 Å². The van der Waals surface area contributed by atoms with Crippen molar-refractivity contribution in [2.45, 2.75) is 58.7 Å². The number of piperidine rings is 1. The lowest BCUT2D eigenvalue weighted by Gasteiger charge is -2.27. The molecule has 1 amide bonds. The largest absolute Gasteiger partial charge is 0.481 e. The zero-order chi connectivity index (χ0) is 20.6. The van der Waals surface area contributed by atoms with Gasteiger partial charge in [-0.1, -0.05) is 49.2 Å². The highest BCUT2D eigenvalue weighted by molar-refractivity contribution is 6.31. The maximum absolute atomic E-state index is 12.7. The number of aryl methyl sites for hydroxylation is 1. The summed E-state index contributed by atoms with van der Waals surface area (Å²) in [6.07, 6.45) is 3.96. The molecule has 1 fully saturated rings. The third kappa shape index (κ3) is 6.22. The smallest absolute Gasteiger partial charge is 0.261 e. The Labute approximate surface area is 179 Å². The molecule has 1 aliphatic rings. The van der Waals surface area contributed by atoms with Crippen molar-refractivity contribution in [3.05, 3.63) is 64.2 Å². The molecule has 0 spiro atoms. The molecule has 1 unspecified atom stereocenters. The number of ether oxygens (including phenoxy) is 1. The summed E-state index contributed by atoms with van der Waals surface area (Å²) in [7, 11) is 0. The van der Waals surface area contributed by atoms with E-state index < -0.39 is 6.10 Å². The van der Waals surface area contributed by atoms with Crippen LogP contribution in [0.3, 0.4) is 0 Å². The second-order valence-corrected chi connectivity index (χ2v) is 8.16. The van der Waals surface area contributed by atoms with Crippen LogP contribution in [-0.4, -0.2) is 30.0 Å². The minimum absolute atomic E-state index is 0.0899. The fourth-order valence-corrected chi connectivity index (χ4v) is 3.83. The van der Waals surface area contributed by atoms with E-state index in [2.05, 4.69) is 28.4 Å². The van der Waals surface area contributed by atoms with Gasteiger partial charge < -0.3 is 10.1 Å². The number of halogens is 1. The average Bonchev–Trinajstić information content (AvgIpc) is 2.74. The number of hydrogen-bond donors (Lipinski definition) is 1. The fourth-order valence-electron chi connectivity index (χ4n) is 3.72. The van der Waals surface area contributed by atoms with E-state index in [-0.39, 0.29) is 5.91 Å². The molecule has 1 saturated heterocycles. The summed E-state index contributed by atoms with van der Waals surface area (Å²) in [5.41, 5.74) is 3.40. The first-order chi connectivity index (χ1) is 14.1. The lowest BCUT2D eigenvalue weighted by molar-refractivity contribution is -0.128. The summed E-state index contributed by atoms with van der Waals surface area (Å²) < 4.78 is 5.92. The molecule has 1 atom stereocenters. The number of nitrogens with zero attached hydrogens (tertiary/aromatic N) is 1. The molecular formula is C24H31ClN2O2. The summed E-state index contributed by atoms with van der Waals surface area (Å²) >= 11 is 6.08. The molecule has 1 N–H and O–H groups in total. The van der Waals surface area contributed by atoms with Crippen molar-refractivity contribution >= 4 is 17.5 Å². The van der Waals surface area contributed by atoms with Crippen LogP contribution >= 0.6 is 11.6 Å².